The fourth-order valence-corrected chi connectivity index (χ4v) is 2.94. The largest absolute Gasteiger partial charge is 0.386 e. The highest BCUT2D eigenvalue weighted by Gasteiger charge is 2.10. The molecule has 1 fully saturated rings. The number of rotatable bonds is 4. The lowest BCUT2D eigenvalue weighted by atomic mass is 10.2. The zero-order valence-corrected chi connectivity index (χ0v) is 18.4. The monoisotopic (exact) mass is 428 g/mol. The Morgan fingerprint density at radius 2 is 1.87 bits per heavy atom. The average molecular weight is 429 g/mol. The molecule has 0 saturated carbocycles. The number of nitrogens with zero attached hydrogens (tertiary/aromatic N) is 4. The predicted molar refractivity (Wildman–Crippen MR) is 122 cm³/mol. The van der Waals surface area contributed by atoms with Crippen molar-refractivity contribution in [2.24, 2.45) is 5.73 Å². The van der Waals surface area contributed by atoms with E-state index < -0.39 is 0 Å². The molecule has 7 nitrogen and oxygen atoms in total. The third-order valence-electron chi connectivity index (χ3n) is 4.29. The van der Waals surface area contributed by atoms with Crippen molar-refractivity contribution in [3.63, 3.8) is 0 Å². The maximum absolute atomic E-state index is 6.06. The number of hydrogen-bond donors (Lipinski definition) is 2. The number of likely N-dealkylation sites (tertiary alicyclic amines) is 1. The van der Waals surface area contributed by atoms with E-state index in [0.717, 1.165) is 30.2 Å². The molecule has 0 aliphatic carbocycles. The molecule has 3 N–H and O–H groups in total. The Hall–Kier alpha value is -3.06. The van der Waals surface area contributed by atoms with E-state index in [9.17, 15) is 0 Å². The van der Waals surface area contributed by atoms with Crippen molar-refractivity contribution in [1.29, 1.82) is 0 Å². The zero-order valence-electron chi connectivity index (χ0n) is 17.7. The highest BCUT2D eigenvalue weighted by atomic mass is 35.5. The van der Waals surface area contributed by atoms with Crippen LogP contribution in [0.3, 0.4) is 0 Å². The fourth-order valence-electron chi connectivity index (χ4n) is 2.76. The van der Waals surface area contributed by atoms with Crippen molar-refractivity contribution in [1.82, 2.24) is 20.0 Å². The van der Waals surface area contributed by atoms with E-state index in [1.54, 1.807) is 6.20 Å². The Bertz CT molecular complexity index is 890. The minimum Gasteiger partial charge on any atom is -0.386 e. The molecule has 0 unspecified atom stereocenters. The van der Waals surface area contributed by atoms with Gasteiger partial charge in [0.2, 0.25) is 12.2 Å². The van der Waals surface area contributed by atoms with Crippen molar-refractivity contribution >= 4 is 23.1 Å². The van der Waals surface area contributed by atoms with Crippen LogP contribution < -0.4 is 11.1 Å². The van der Waals surface area contributed by atoms with Crippen LogP contribution in [0.4, 0.5) is 11.5 Å². The van der Waals surface area contributed by atoms with E-state index in [4.69, 9.17) is 17.3 Å². The Morgan fingerprint density at radius 3 is 2.43 bits per heavy atom. The fraction of sp³-hybridized carbons (Fsp3) is 0.318. The molecule has 3 heterocycles. The van der Waals surface area contributed by atoms with Gasteiger partial charge in [-0.2, -0.15) is 4.98 Å². The summed E-state index contributed by atoms with van der Waals surface area (Å²) in [7, 11) is 0. The molecule has 1 aliphatic heterocycles. The summed E-state index contributed by atoms with van der Waals surface area (Å²) in [5.41, 5.74) is 7.26. The molecule has 0 spiro atoms. The number of para-hydroxylation sites is 1. The van der Waals surface area contributed by atoms with E-state index in [2.05, 4.69) is 29.9 Å². The molecule has 1 saturated heterocycles. The van der Waals surface area contributed by atoms with Gasteiger partial charge in [-0.15, -0.1) is 0 Å². The number of aromatic nitrogens is 3. The lowest BCUT2D eigenvalue weighted by molar-refractivity contribution is 0.418. The number of anilines is 2. The lowest BCUT2D eigenvalue weighted by Gasteiger charge is -2.16. The minimum atomic E-state index is 0.511. The number of benzene rings is 1. The van der Waals surface area contributed by atoms with Gasteiger partial charge in [-0.1, -0.05) is 42.7 Å². The molecule has 0 atom stereocenters. The summed E-state index contributed by atoms with van der Waals surface area (Å²) in [6.07, 6.45) is 7.52. The maximum Gasteiger partial charge on any atom is 0.214 e. The second-order valence-corrected chi connectivity index (χ2v) is 6.61. The Labute approximate surface area is 183 Å². The number of allylic oxidation sites excluding steroid dienone is 1. The topological polar surface area (TPSA) is 93.1 Å². The quantitative estimate of drug-likeness (QED) is 0.570. The van der Waals surface area contributed by atoms with Crippen LogP contribution in [-0.2, 0) is 0 Å². The van der Waals surface area contributed by atoms with Crippen LogP contribution in [0.25, 0.3) is 11.4 Å². The average Bonchev–Trinajstić information content (AvgIpc) is 3.52. The van der Waals surface area contributed by atoms with Crippen molar-refractivity contribution < 1.29 is 4.52 Å². The second-order valence-electron chi connectivity index (χ2n) is 6.20. The van der Waals surface area contributed by atoms with E-state index >= 15 is 0 Å². The first kappa shape index (κ1) is 23.2. The first-order valence-electron chi connectivity index (χ1n) is 10.1. The van der Waals surface area contributed by atoms with Gasteiger partial charge in [0, 0.05) is 24.8 Å². The van der Waals surface area contributed by atoms with Gasteiger partial charge in [0.15, 0.2) is 0 Å². The molecule has 8 heteroatoms. The molecular formula is C22H29ClN6O. The van der Waals surface area contributed by atoms with Crippen molar-refractivity contribution in [3.8, 4) is 11.4 Å². The van der Waals surface area contributed by atoms with Gasteiger partial charge in [-0.3, -0.25) is 0 Å². The summed E-state index contributed by atoms with van der Waals surface area (Å²) in [5, 5.41) is 7.53. The Morgan fingerprint density at radius 1 is 1.13 bits per heavy atom. The van der Waals surface area contributed by atoms with Crippen LogP contribution in [0.15, 0.2) is 65.4 Å². The maximum atomic E-state index is 6.06. The van der Waals surface area contributed by atoms with Gasteiger partial charge in [-0.25, -0.2) is 4.98 Å². The summed E-state index contributed by atoms with van der Waals surface area (Å²) in [6.45, 7) is 8.28. The molecule has 1 aliphatic rings. The van der Waals surface area contributed by atoms with Crippen LogP contribution in [0, 0.1) is 0 Å². The molecule has 0 amide bonds. The van der Waals surface area contributed by atoms with Crippen molar-refractivity contribution in [2.45, 2.75) is 33.6 Å². The van der Waals surface area contributed by atoms with Gasteiger partial charge >= 0.3 is 0 Å². The van der Waals surface area contributed by atoms with Gasteiger partial charge in [0.25, 0.3) is 0 Å². The van der Waals surface area contributed by atoms with E-state index in [1.165, 1.54) is 19.2 Å². The summed E-state index contributed by atoms with van der Waals surface area (Å²) in [5.74, 6) is 2.14. The van der Waals surface area contributed by atoms with E-state index in [0.29, 0.717) is 16.7 Å². The molecule has 0 bridgehead atoms. The molecule has 0 radical (unpaired) electrons. The number of nitrogens with two attached hydrogens (primary N) is 1. The summed E-state index contributed by atoms with van der Waals surface area (Å²) < 4.78 is 4.69. The van der Waals surface area contributed by atoms with E-state index in [1.807, 2.05) is 63.2 Å². The van der Waals surface area contributed by atoms with Crippen LogP contribution >= 0.6 is 11.6 Å². The highest BCUT2D eigenvalue weighted by molar-refractivity contribution is 6.33. The predicted octanol–water partition coefficient (Wildman–Crippen LogP) is 5.46. The molecular weight excluding hydrogens is 400 g/mol. The normalized spacial score (nSPS) is 13.1. The molecule has 2 aromatic heterocycles. The first-order chi connectivity index (χ1) is 14.7. The highest BCUT2D eigenvalue weighted by Crippen LogP contribution is 2.24. The number of nitrogens with one attached hydrogen (secondary N) is 1. The lowest BCUT2D eigenvalue weighted by Crippen LogP contribution is -2.23. The summed E-state index contributed by atoms with van der Waals surface area (Å²) in [4.78, 5) is 10.5. The smallest absolute Gasteiger partial charge is 0.214 e. The van der Waals surface area contributed by atoms with Gasteiger partial charge in [-0.05, 0) is 50.1 Å². The number of hydrogen-bond acceptors (Lipinski definition) is 7. The molecule has 3 aromatic rings. The van der Waals surface area contributed by atoms with Crippen LogP contribution in [0.2, 0.25) is 5.02 Å². The number of halogens is 1. The molecule has 1 aromatic carbocycles. The standard InChI is InChI=1S/C13H9ClN4O.C7H14N2.C2H6/c14-10-3-1-2-4-11(10)17-12-6-5-9(7-15-12)13-16-8-19-18-13;1-2-7(8)9-5-3-4-6-9;1-2/h1-8H,(H,15,17);2H,3-6,8H2,1H3;1-2H3/b;7-2-;. The van der Waals surface area contributed by atoms with E-state index in [-0.39, 0.29) is 0 Å². The summed E-state index contributed by atoms with van der Waals surface area (Å²) >= 11 is 6.06. The zero-order chi connectivity index (χ0) is 21.8. The summed E-state index contributed by atoms with van der Waals surface area (Å²) in [6, 6.07) is 11.2. The second kappa shape index (κ2) is 12.5. The van der Waals surface area contributed by atoms with Crippen LogP contribution in [0.5, 0.6) is 0 Å². The van der Waals surface area contributed by atoms with Gasteiger partial charge < -0.3 is 20.5 Å². The van der Waals surface area contributed by atoms with Crippen molar-refractivity contribution in [3.05, 3.63) is 65.9 Å². The number of pyridine rings is 1. The minimum absolute atomic E-state index is 0.511. The third-order valence-corrected chi connectivity index (χ3v) is 4.62. The molecule has 30 heavy (non-hydrogen) atoms. The van der Waals surface area contributed by atoms with Gasteiger partial charge in [0.05, 0.1) is 16.5 Å². The van der Waals surface area contributed by atoms with Crippen LogP contribution in [-0.4, -0.2) is 33.1 Å². The Kier molecular flexibility index (Phi) is 9.67. The molecule has 4 rings (SSSR count). The van der Waals surface area contributed by atoms with Gasteiger partial charge in [0.1, 0.15) is 5.82 Å². The third kappa shape index (κ3) is 6.77. The SMILES string of the molecule is C/C=C(/N)N1CCCC1.CC.Clc1ccccc1Nc1ccc(-c2ncon2)cn1. The Balaban J connectivity index is 0.000000245. The first-order valence-corrected chi connectivity index (χ1v) is 10.5. The van der Waals surface area contributed by atoms with Crippen molar-refractivity contribution in [2.75, 3.05) is 18.4 Å². The molecule has 160 valence electrons. The van der Waals surface area contributed by atoms with Crippen LogP contribution in [0.1, 0.15) is 33.6 Å².